The average Bonchev–Trinajstić information content (AvgIpc) is 3.15. The van der Waals surface area contributed by atoms with Gasteiger partial charge in [0.2, 0.25) is 11.7 Å². The van der Waals surface area contributed by atoms with E-state index in [1.54, 1.807) is 6.08 Å². The molecule has 4 aliphatic rings. The van der Waals surface area contributed by atoms with Crippen molar-refractivity contribution >= 4 is 29.4 Å². The third kappa shape index (κ3) is 5.12. The van der Waals surface area contributed by atoms with E-state index in [1.807, 2.05) is 6.92 Å². The maximum atomic E-state index is 13.3. The van der Waals surface area contributed by atoms with Gasteiger partial charge in [-0.25, -0.2) is 4.79 Å². The SMILES string of the molecule is CC(O)C(NC(=O)CCC(=O)OCC(=O)C1(O)CCC2C3CCC4=CC(=O)CCC4(C)C3C(O)CC21C)C(=O)O. The number of nitrogens with one attached hydrogen (secondary N) is 1. The quantitative estimate of drug-likeness (QED) is 0.254. The van der Waals surface area contributed by atoms with Crippen LogP contribution < -0.4 is 5.32 Å². The molecule has 1 amide bonds. The van der Waals surface area contributed by atoms with Gasteiger partial charge in [-0.05, 0) is 74.7 Å². The molecule has 0 aromatic rings. The fraction of sp³-hybridized carbons (Fsp3) is 0.759. The van der Waals surface area contributed by atoms with Crippen LogP contribution >= 0.6 is 0 Å². The summed E-state index contributed by atoms with van der Waals surface area (Å²) >= 11 is 0. The first-order chi connectivity index (χ1) is 18.6. The molecule has 0 aromatic carbocycles. The Labute approximate surface area is 233 Å². The van der Waals surface area contributed by atoms with Crippen LogP contribution in [0.1, 0.15) is 78.6 Å². The zero-order chi connectivity index (χ0) is 29.6. The normalized spacial score (nSPS) is 38.1. The van der Waals surface area contributed by atoms with Crippen LogP contribution in [-0.4, -0.2) is 80.3 Å². The predicted molar refractivity (Wildman–Crippen MR) is 139 cm³/mol. The number of allylic oxidation sites excluding steroid dienone is 1. The number of ketones is 2. The minimum absolute atomic E-state index is 0.0126. The fourth-order valence-electron chi connectivity index (χ4n) is 8.34. The molecule has 5 N–H and O–H groups in total. The standard InChI is InChI=1S/C29H41NO10/c1-15(31)25(26(37)38)30-22(35)6-7-23(36)40-14-21(34)29(39)11-9-19-18-5-4-16-12-17(32)8-10-27(16,2)24(18)20(33)13-28(19,29)3/h12,15,18-20,24-25,31,33,39H,4-11,13-14H2,1-3H3,(H,30,35)(H,37,38). The van der Waals surface area contributed by atoms with Crippen LogP contribution in [0.25, 0.3) is 0 Å². The van der Waals surface area contributed by atoms with Crippen molar-refractivity contribution in [2.24, 2.45) is 28.6 Å². The van der Waals surface area contributed by atoms with E-state index >= 15 is 0 Å². The van der Waals surface area contributed by atoms with Crippen LogP contribution in [0.5, 0.6) is 0 Å². The highest BCUT2D eigenvalue weighted by molar-refractivity contribution is 5.92. The summed E-state index contributed by atoms with van der Waals surface area (Å²) in [6, 6.07) is -1.52. The Hall–Kier alpha value is -2.63. The number of carboxylic acids is 1. The summed E-state index contributed by atoms with van der Waals surface area (Å²) in [4.78, 5) is 60.8. The van der Waals surface area contributed by atoms with Crippen LogP contribution in [0.4, 0.5) is 0 Å². The first-order valence-corrected chi connectivity index (χ1v) is 14.2. The molecular weight excluding hydrogens is 522 g/mol. The molecule has 0 saturated heterocycles. The lowest BCUT2D eigenvalue weighted by Crippen LogP contribution is -2.62. The Morgan fingerprint density at radius 3 is 2.48 bits per heavy atom. The van der Waals surface area contributed by atoms with E-state index in [4.69, 9.17) is 9.84 Å². The monoisotopic (exact) mass is 563 g/mol. The van der Waals surface area contributed by atoms with E-state index < -0.39 is 72.3 Å². The summed E-state index contributed by atoms with van der Waals surface area (Å²) in [6.45, 7) is 4.51. The maximum absolute atomic E-state index is 13.3. The lowest BCUT2D eigenvalue weighted by Gasteiger charge is -2.60. The van der Waals surface area contributed by atoms with Gasteiger partial charge in [-0.2, -0.15) is 0 Å². The van der Waals surface area contributed by atoms with Crippen LogP contribution in [0.15, 0.2) is 11.6 Å². The molecule has 0 heterocycles. The zero-order valence-electron chi connectivity index (χ0n) is 23.4. The Bertz CT molecular complexity index is 1120. The van der Waals surface area contributed by atoms with Crippen molar-refractivity contribution in [1.29, 1.82) is 0 Å². The van der Waals surface area contributed by atoms with Gasteiger partial charge in [0.25, 0.3) is 0 Å². The smallest absolute Gasteiger partial charge is 0.328 e. The third-order valence-corrected chi connectivity index (χ3v) is 10.5. The molecule has 0 aromatic heterocycles. The second-order valence-corrected chi connectivity index (χ2v) is 12.7. The number of hydrogen-bond donors (Lipinski definition) is 5. The summed E-state index contributed by atoms with van der Waals surface area (Å²) in [5.41, 5.74) is -1.88. The molecule has 3 fully saturated rings. The predicted octanol–water partition coefficient (Wildman–Crippen LogP) is 1.06. The maximum Gasteiger partial charge on any atom is 0.328 e. The minimum Gasteiger partial charge on any atom is -0.480 e. The van der Waals surface area contributed by atoms with Gasteiger partial charge in [0.05, 0.1) is 18.6 Å². The van der Waals surface area contributed by atoms with Crippen molar-refractivity contribution in [3.8, 4) is 0 Å². The Kier molecular flexibility index (Phi) is 8.33. The molecule has 40 heavy (non-hydrogen) atoms. The van der Waals surface area contributed by atoms with E-state index in [1.165, 1.54) is 6.92 Å². The number of esters is 1. The molecule has 222 valence electrons. The molecule has 0 bridgehead atoms. The van der Waals surface area contributed by atoms with Crippen molar-refractivity contribution in [3.63, 3.8) is 0 Å². The highest BCUT2D eigenvalue weighted by Gasteiger charge is 2.68. The van der Waals surface area contributed by atoms with Gasteiger partial charge in [-0.1, -0.05) is 19.4 Å². The second kappa shape index (κ2) is 11.0. The van der Waals surface area contributed by atoms with Gasteiger partial charge in [-0.15, -0.1) is 0 Å². The number of carbonyl (C=O) groups excluding carboxylic acids is 4. The largest absolute Gasteiger partial charge is 0.480 e. The summed E-state index contributed by atoms with van der Waals surface area (Å²) in [5.74, 6) is -3.55. The number of hydrogen-bond acceptors (Lipinski definition) is 9. The molecule has 0 spiro atoms. The molecule has 4 aliphatic carbocycles. The van der Waals surface area contributed by atoms with E-state index in [2.05, 4.69) is 12.2 Å². The van der Waals surface area contributed by atoms with Crippen molar-refractivity contribution in [1.82, 2.24) is 5.32 Å². The summed E-state index contributed by atoms with van der Waals surface area (Å²) < 4.78 is 5.09. The topological polar surface area (TPSA) is 188 Å². The van der Waals surface area contributed by atoms with Crippen LogP contribution in [-0.2, 0) is 28.7 Å². The number of aliphatic carboxylic acids is 1. The molecule has 11 nitrogen and oxygen atoms in total. The van der Waals surface area contributed by atoms with E-state index in [-0.39, 0.29) is 41.8 Å². The summed E-state index contributed by atoms with van der Waals surface area (Å²) in [6.07, 6.45) is 2.53. The van der Waals surface area contributed by atoms with Crippen molar-refractivity contribution < 1.29 is 49.1 Å². The molecule has 9 atom stereocenters. The third-order valence-electron chi connectivity index (χ3n) is 10.5. The minimum atomic E-state index is -1.78. The average molecular weight is 564 g/mol. The molecule has 0 radical (unpaired) electrons. The number of ether oxygens (including phenoxy) is 1. The number of aliphatic hydroxyl groups excluding tert-OH is 2. The molecular formula is C29H41NO10. The van der Waals surface area contributed by atoms with Crippen molar-refractivity contribution in [3.05, 3.63) is 11.6 Å². The van der Waals surface area contributed by atoms with Crippen LogP contribution in [0, 0.1) is 28.6 Å². The molecule has 3 saturated carbocycles. The van der Waals surface area contributed by atoms with Gasteiger partial charge in [-0.3, -0.25) is 19.2 Å². The first-order valence-electron chi connectivity index (χ1n) is 14.2. The Morgan fingerprint density at radius 2 is 1.82 bits per heavy atom. The number of aliphatic hydroxyl groups is 3. The summed E-state index contributed by atoms with van der Waals surface area (Å²) in [5, 5.41) is 43.8. The summed E-state index contributed by atoms with van der Waals surface area (Å²) in [7, 11) is 0. The highest BCUT2D eigenvalue weighted by Crippen LogP contribution is 2.67. The number of amides is 1. The van der Waals surface area contributed by atoms with Gasteiger partial charge in [0.15, 0.2) is 18.4 Å². The van der Waals surface area contributed by atoms with Gasteiger partial charge >= 0.3 is 11.9 Å². The zero-order valence-corrected chi connectivity index (χ0v) is 23.4. The second-order valence-electron chi connectivity index (χ2n) is 12.7. The molecule has 4 rings (SSSR count). The lowest BCUT2D eigenvalue weighted by atomic mass is 9.45. The number of carbonyl (C=O) groups is 5. The lowest BCUT2D eigenvalue weighted by molar-refractivity contribution is -0.184. The van der Waals surface area contributed by atoms with Crippen LogP contribution in [0.2, 0.25) is 0 Å². The number of fused-ring (bicyclic) bond motifs is 5. The Morgan fingerprint density at radius 1 is 1.12 bits per heavy atom. The number of carboxylic acid groups (broad SMARTS) is 1. The van der Waals surface area contributed by atoms with Crippen molar-refractivity contribution in [2.75, 3.05) is 6.61 Å². The van der Waals surface area contributed by atoms with Gasteiger partial charge in [0.1, 0.15) is 5.60 Å². The fourth-order valence-corrected chi connectivity index (χ4v) is 8.34. The van der Waals surface area contributed by atoms with E-state index in [0.29, 0.717) is 19.3 Å². The molecule has 11 heteroatoms. The highest BCUT2D eigenvalue weighted by atomic mass is 16.5. The van der Waals surface area contributed by atoms with E-state index in [9.17, 15) is 39.3 Å². The molecule has 0 aliphatic heterocycles. The number of Topliss-reactive ketones (excluding diaryl/α,β-unsaturated/α-hetero) is 1. The van der Waals surface area contributed by atoms with Gasteiger partial charge < -0.3 is 30.5 Å². The van der Waals surface area contributed by atoms with Crippen LogP contribution in [0.3, 0.4) is 0 Å². The molecule has 9 unspecified atom stereocenters. The van der Waals surface area contributed by atoms with E-state index in [0.717, 1.165) is 18.4 Å². The van der Waals surface area contributed by atoms with Crippen molar-refractivity contribution in [2.45, 2.75) is 102 Å². The van der Waals surface area contributed by atoms with Gasteiger partial charge in [0, 0.05) is 18.3 Å². The first kappa shape index (κ1) is 30.3. The Balaban J connectivity index is 1.38. The number of rotatable bonds is 9.